The molecule has 1 aliphatic heterocycles. The number of hydrogen-bond acceptors (Lipinski definition) is 4. The van der Waals surface area contributed by atoms with Gasteiger partial charge in [-0.15, -0.1) is 0 Å². The molecule has 4 nitrogen and oxygen atoms in total. The van der Waals surface area contributed by atoms with E-state index in [1.165, 1.54) is 12.1 Å². The molecule has 0 radical (unpaired) electrons. The molecule has 2 aromatic carbocycles. The van der Waals surface area contributed by atoms with E-state index in [0.29, 0.717) is 21.5 Å². The summed E-state index contributed by atoms with van der Waals surface area (Å²) >= 11 is 11.7. The van der Waals surface area contributed by atoms with Gasteiger partial charge in [0.15, 0.2) is 0 Å². The van der Waals surface area contributed by atoms with Gasteiger partial charge in [-0.2, -0.15) is 0 Å². The van der Waals surface area contributed by atoms with Crippen molar-refractivity contribution in [3.63, 3.8) is 0 Å². The second-order valence-electron chi connectivity index (χ2n) is 4.06. The van der Waals surface area contributed by atoms with Crippen LogP contribution in [-0.2, 0) is 4.74 Å². The third kappa shape index (κ3) is 2.24. The lowest BCUT2D eigenvalue weighted by Crippen LogP contribution is -1.96. The summed E-state index contributed by atoms with van der Waals surface area (Å²) in [6.45, 7) is 0. The maximum absolute atomic E-state index is 11.4. The molecule has 0 spiro atoms. The van der Waals surface area contributed by atoms with Crippen LogP contribution in [0.5, 0.6) is 11.5 Å². The van der Waals surface area contributed by atoms with Crippen LogP contribution in [0.2, 0.25) is 10.0 Å². The summed E-state index contributed by atoms with van der Waals surface area (Å²) < 4.78 is 10.1. The Labute approximate surface area is 123 Å². The van der Waals surface area contributed by atoms with E-state index in [-0.39, 0.29) is 11.1 Å². The Balaban J connectivity index is 1.92. The third-order valence-corrected chi connectivity index (χ3v) is 3.48. The number of ether oxygens (including phenoxy) is 2. The smallest absolute Gasteiger partial charge is 0.347 e. The van der Waals surface area contributed by atoms with Crippen molar-refractivity contribution in [2.45, 2.75) is 0 Å². The summed E-state index contributed by atoms with van der Waals surface area (Å²) in [4.78, 5) is 22.8. The maximum Gasteiger partial charge on any atom is 0.347 e. The minimum Gasteiger partial charge on any atom is -0.457 e. The van der Waals surface area contributed by atoms with Gasteiger partial charge < -0.3 is 9.47 Å². The molecule has 3 rings (SSSR count). The molecule has 2 aromatic rings. The van der Waals surface area contributed by atoms with Crippen LogP contribution in [0.4, 0.5) is 0 Å². The van der Waals surface area contributed by atoms with Gasteiger partial charge in [0.25, 0.3) is 0 Å². The summed E-state index contributed by atoms with van der Waals surface area (Å²) in [5.41, 5.74) is 0.420. The number of halogens is 2. The summed E-state index contributed by atoms with van der Waals surface area (Å²) in [7, 11) is 0. The predicted molar refractivity (Wildman–Crippen MR) is 72.7 cm³/mol. The van der Waals surface area contributed by atoms with Gasteiger partial charge in [0.1, 0.15) is 11.5 Å². The van der Waals surface area contributed by atoms with Gasteiger partial charge in [0.05, 0.1) is 21.2 Å². The lowest BCUT2D eigenvalue weighted by molar-refractivity contribution is 0.0443. The Hall–Kier alpha value is -2.04. The normalized spacial score (nSPS) is 13.1. The minimum absolute atomic E-state index is 0.188. The van der Waals surface area contributed by atoms with Crippen molar-refractivity contribution in [2.24, 2.45) is 0 Å². The Kier molecular flexibility index (Phi) is 3.12. The fourth-order valence-corrected chi connectivity index (χ4v) is 2.09. The molecule has 0 bridgehead atoms. The number of fused-ring (bicyclic) bond motifs is 1. The van der Waals surface area contributed by atoms with E-state index in [0.717, 1.165) is 0 Å². The molecule has 0 fully saturated rings. The maximum atomic E-state index is 11.4. The number of hydrogen-bond donors (Lipinski definition) is 0. The van der Waals surface area contributed by atoms with Crippen molar-refractivity contribution < 1.29 is 19.1 Å². The quantitative estimate of drug-likeness (QED) is 0.619. The molecular weight excluding hydrogens is 303 g/mol. The lowest BCUT2D eigenvalue weighted by atomic mass is 10.1. The molecule has 0 unspecified atom stereocenters. The molecule has 0 aliphatic carbocycles. The largest absolute Gasteiger partial charge is 0.457 e. The van der Waals surface area contributed by atoms with Crippen LogP contribution >= 0.6 is 23.2 Å². The molecule has 6 heteroatoms. The van der Waals surface area contributed by atoms with Crippen molar-refractivity contribution in [2.75, 3.05) is 0 Å². The average molecular weight is 309 g/mol. The zero-order valence-corrected chi connectivity index (χ0v) is 11.4. The Morgan fingerprint density at radius 3 is 2.20 bits per heavy atom. The Morgan fingerprint density at radius 1 is 0.800 bits per heavy atom. The van der Waals surface area contributed by atoms with Gasteiger partial charge in [-0.05, 0) is 30.3 Å². The van der Waals surface area contributed by atoms with E-state index in [1.807, 2.05) is 0 Å². The van der Waals surface area contributed by atoms with Gasteiger partial charge in [-0.25, -0.2) is 9.59 Å². The number of carbonyl (C=O) groups is 2. The van der Waals surface area contributed by atoms with Crippen molar-refractivity contribution in [1.82, 2.24) is 0 Å². The molecule has 100 valence electrons. The van der Waals surface area contributed by atoms with Gasteiger partial charge in [-0.1, -0.05) is 23.2 Å². The molecule has 0 aromatic heterocycles. The van der Waals surface area contributed by atoms with Crippen LogP contribution in [0.15, 0.2) is 36.4 Å². The van der Waals surface area contributed by atoms with Gasteiger partial charge in [0.2, 0.25) is 0 Å². The topological polar surface area (TPSA) is 52.6 Å². The summed E-state index contributed by atoms with van der Waals surface area (Å²) in [6, 6.07) is 9.30. The number of cyclic esters (lactones) is 2. The van der Waals surface area contributed by atoms with E-state index in [4.69, 9.17) is 27.9 Å². The van der Waals surface area contributed by atoms with Crippen LogP contribution in [0.25, 0.3) is 0 Å². The minimum atomic E-state index is -0.676. The molecular formula is C14H6Cl2O4. The molecule has 0 amide bonds. The number of esters is 2. The predicted octanol–water partition coefficient (Wildman–Crippen LogP) is 4.10. The molecule has 20 heavy (non-hydrogen) atoms. The van der Waals surface area contributed by atoms with E-state index < -0.39 is 11.9 Å². The van der Waals surface area contributed by atoms with Gasteiger partial charge in [-0.3, -0.25) is 0 Å². The number of rotatable bonds is 2. The zero-order valence-electron chi connectivity index (χ0n) is 9.85. The van der Waals surface area contributed by atoms with Gasteiger partial charge >= 0.3 is 11.9 Å². The fraction of sp³-hybridized carbons (Fsp3) is 0. The molecule has 1 heterocycles. The van der Waals surface area contributed by atoms with Crippen LogP contribution in [0, 0.1) is 0 Å². The van der Waals surface area contributed by atoms with Crippen molar-refractivity contribution in [1.29, 1.82) is 0 Å². The highest BCUT2D eigenvalue weighted by atomic mass is 35.5. The average Bonchev–Trinajstić information content (AvgIpc) is 2.69. The summed E-state index contributed by atoms with van der Waals surface area (Å²) in [6.07, 6.45) is 0. The highest BCUT2D eigenvalue weighted by Gasteiger charge is 2.29. The first kappa shape index (κ1) is 13.0. The van der Waals surface area contributed by atoms with Crippen LogP contribution in [0.3, 0.4) is 0 Å². The third-order valence-electron chi connectivity index (χ3n) is 2.74. The SMILES string of the molecule is O=C1OC(=O)c2cc(Oc3ccc(Cl)c(Cl)c3)ccc21. The summed E-state index contributed by atoms with van der Waals surface area (Å²) in [5, 5.41) is 0.780. The van der Waals surface area contributed by atoms with E-state index >= 15 is 0 Å². The van der Waals surface area contributed by atoms with Crippen LogP contribution < -0.4 is 4.74 Å². The van der Waals surface area contributed by atoms with Crippen LogP contribution in [-0.4, -0.2) is 11.9 Å². The fourth-order valence-electron chi connectivity index (χ4n) is 1.80. The summed E-state index contributed by atoms with van der Waals surface area (Å²) in [5.74, 6) is -0.457. The van der Waals surface area contributed by atoms with E-state index in [1.54, 1.807) is 24.3 Å². The van der Waals surface area contributed by atoms with Crippen molar-refractivity contribution in [3.8, 4) is 11.5 Å². The van der Waals surface area contributed by atoms with E-state index in [9.17, 15) is 9.59 Å². The molecule has 1 aliphatic rings. The highest BCUT2D eigenvalue weighted by molar-refractivity contribution is 6.42. The second-order valence-corrected chi connectivity index (χ2v) is 4.88. The molecule has 0 atom stereocenters. The number of benzene rings is 2. The first-order valence-electron chi connectivity index (χ1n) is 5.58. The van der Waals surface area contributed by atoms with E-state index in [2.05, 4.69) is 4.74 Å². The highest BCUT2D eigenvalue weighted by Crippen LogP contribution is 2.31. The molecule has 0 N–H and O–H groups in total. The molecule has 0 saturated heterocycles. The monoisotopic (exact) mass is 308 g/mol. The Morgan fingerprint density at radius 2 is 1.45 bits per heavy atom. The second kappa shape index (κ2) is 4.81. The van der Waals surface area contributed by atoms with Crippen molar-refractivity contribution in [3.05, 3.63) is 57.6 Å². The first-order valence-corrected chi connectivity index (χ1v) is 6.33. The lowest BCUT2D eigenvalue weighted by Gasteiger charge is -2.07. The molecule has 0 saturated carbocycles. The Bertz CT molecular complexity index is 740. The van der Waals surface area contributed by atoms with Crippen LogP contribution in [0.1, 0.15) is 20.7 Å². The first-order chi connectivity index (χ1) is 9.54. The zero-order chi connectivity index (χ0) is 14.3. The number of carbonyl (C=O) groups excluding carboxylic acids is 2. The standard InChI is InChI=1S/C14H6Cl2O4/c15-11-4-2-8(6-12(11)16)19-7-1-3-9-10(5-7)14(18)20-13(9)17/h1-6H. The van der Waals surface area contributed by atoms with Crippen molar-refractivity contribution >= 4 is 35.1 Å². The van der Waals surface area contributed by atoms with Gasteiger partial charge in [0, 0.05) is 6.07 Å².